The molecule has 1 aliphatic rings. The van der Waals surface area contributed by atoms with Gasteiger partial charge in [-0.1, -0.05) is 0 Å². The van der Waals surface area contributed by atoms with Crippen LogP contribution in [0.25, 0.3) is 0 Å². The van der Waals surface area contributed by atoms with E-state index in [0.29, 0.717) is 25.6 Å². The first-order valence-corrected chi connectivity index (χ1v) is 8.79. The molecule has 2 rings (SSSR count). The molecule has 3 N–H and O–H groups in total. The molecule has 1 aliphatic heterocycles. The molecule has 9 nitrogen and oxygen atoms in total. The number of aryl methyl sites for hydroxylation is 1. The normalized spacial score (nSPS) is 14.2. The Hall–Kier alpha value is -2.32. The summed E-state index contributed by atoms with van der Waals surface area (Å²) in [5, 5.41) is 17.5. The van der Waals surface area contributed by atoms with Gasteiger partial charge in [-0.2, -0.15) is 0 Å². The lowest BCUT2D eigenvalue weighted by molar-refractivity contribution is 0.0529. The summed E-state index contributed by atoms with van der Waals surface area (Å²) in [5.41, 5.74) is -0.494. The zero-order valence-electron chi connectivity index (χ0n) is 15.6. The minimum absolute atomic E-state index is 0.421. The third kappa shape index (κ3) is 6.24. The Labute approximate surface area is 148 Å². The number of hydrogen-bond acceptors (Lipinski definition) is 5. The largest absolute Gasteiger partial charge is 0.444 e. The SMILES string of the molecule is CCNC(=NCc1nnc2n1CCC2)NCCNC(=O)OC(C)(C)C. The first kappa shape index (κ1) is 19.0. The van der Waals surface area contributed by atoms with E-state index < -0.39 is 11.7 Å². The molecule has 0 atom stereocenters. The predicted octanol–water partition coefficient (Wildman–Crippen LogP) is 0.804. The van der Waals surface area contributed by atoms with Crippen molar-refractivity contribution in [2.75, 3.05) is 19.6 Å². The second-order valence-electron chi connectivity index (χ2n) is 6.84. The van der Waals surface area contributed by atoms with Gasteiger partial charge >= 0.3 is 6.09 Å². The van der Waals surface area contributed by atoms with Crippen LogP contribution in [0.1, 0.15) is 45.8 Å². The van der Waals surface area contributed by atoms with E-state index >= 15 is 0 Å². The van der Waals surface area contributed by atoms with E-state index in [1.165, 1.54) is 0 Å². The monoisotopic (exact) mass is 351 g/mol. The Bertz CT molecular complexity index is 604. The molecule has 0 radical (unpaired) electrons. The Morgan fingerprint density at radius 2 is 2.00 bits per heavy atom. The van der Waals surface area contributed by atoms with E-state index in [2.05, 4.69) is 35.7 Å². The molecule has 2 heterocycles. The number of nitrogens with zero attached hydrogens (tertiary/aromatic N) is 4. The lowest BCUT2D eigenvalue weighted by atomic mass is 10.2. The van der Waals surface area contributed by atoms with Crippen LogP contribution < -0.4 is 16.0 Å². The summed E-state index contributed by atoms with van der Waals surface area (Å²) in [6, 6.07) is 0. The average Bonchev–Trinajstić information content (AvgIpc) is 3.11. The quantitative estimate of drug-likeness (QED) is 0.398. The first-order valence-electron chi connectivity index (χ1n) is 8.79. The smallest absolute Gasteiger partial charge is 0.407 e. The summed E-state index contributed by atoms with van der Waals surface area (Å²) < 4.78 is 7.33. The summed E-state index contributed by atoms with van der Waals surface area (Å²) in [4.78, 5) is 16.1. The van der Waals surface area contributed by atoms with Gasteiger partial charge in [0.05, 0.1) is 0 Å². The van der Waals surface area contributed by atoms with Crippen molar-refractivity contribution in [3.05, 3.63) is 11.6 Å². The molecule has 25 heavy (non-hydrogen) atoms. The summed E-state index contributed by atoms with van der Waals surface area (Å²) in [5.74, 6) is 2.62. The van der Waals surface area contributed by atoms with Gasteiger partial charge in [0.15, 0.2) is 11.8 Å². The molecule has 1 aromatic heterocycles. The number of amides is 1. The number of fused-ring (bicyclic) bond motifs is 1. The average molecular weight is 351 g/mol. The maximum Gasteiger partial charge on any atom is 0.407 e. The molecule has 0 saturated carbocycles. The van der Waals surface area contributed by atoms with Crippen molar-refractivity contribution in [1.29, 1.82) is 0 Å². The molecule has 0 unspecified atom stereocenters. The summed E-state index contributed by atoms with van der Waals surface area (Å²) >= 11 is 0. The lowest BCUT2D eigenvalue weighted by Gasteiger charge is -2.19. The summed E-state index contributed by atoms with van der Waals surface area (Å²) in [6.45, 7) is 10.7. The van der Waals surface area contributed by atoms with Crippen LogP contribution >= 0.6 is 0 Å². The number of hydrogen-bond donors (Lipinski definition) is 3. The van der Waals surface area contributed by atoms with Gasteiger partial charge in [0.25, 0.3) is 0 Å². The minimum atomic E-state index is -0.494. The van der Waals surface area contributed by atoms with Gasteiger partial charge in [-0.15, -0.1) is 10.2 Å². The molecule has 1 aromatic rings. The highest BCUT2D eigenvalue weighted by Crippen LogP contribution is 2.14. The number of nitrogens with one attached hydrogen (secondary N) is 3. The van der Waals surface area contributed by atoms with Gasteiger partial charge in [-0.25, -0.2) is 9.79 Å². The van der Waals surface area contributed by atoms with Gasteiger partial charge in [0, 0.05) is 32.6 Å². The van der Waals surface area contributed by atoms with E-state index in [1.54, 1.807) is 0 Å². The molecule has 0 saturated heterocycles. The maximum atomic E-state index is 11.6. The molecule has 0 spiro atoms. The molecule has 0 aliphatic carbocycles. The summed E-state index contributed by atoms with van der Waals surface area (Å²) in [7, 11) is 0. The first-order chi connectivity index (χ1) is 11.9. The Morgan fingerprint density at radius 1 is 1.24 bits per heavy atom. The van der Waals surface area contributed by atoms with Crippen molar-refractivity contribution in [3.8, 4) is 0 Å². The fourth-order valence-corrected chi connectivity index (χ4v) is 2.48. The highest BCUT2D eigenvalue weighted by Gasteiger charge is 2.17. The van der Waals surface area contributed by atoms with Gasteiger partial charge in [0.2, 0.25) is 0 Å². The van der Waals surface area contributed by atoms with E-state index in [1.807, 2.05) is 27.7 Å². The number of rotatable bonds is 6. The second-order valence-corrected chi connectivity index (χ2v) is 6.84. The number of alkyl carbamates (subject to hydrolysis) is 1. The number of aliphatic imine (C=N–C) groups is 1. The summed E-state index contributed by atoms with van der Waals surface area (Å²) in [6.07, 6.45) is 1.69. The second kappa shape index (κ2) is 8.68. The number of carbonyl (C=O) groups is 1. The van der Waals surface area contributed by atoms with E-state index in [0.717, 1.165) is 37.6 Å². The molecule has 9 heteroatoms. The van der Waals surface area contributed by atoms with E-state index in [9.17, 15) is 4.79 Å². The van der Waals surface area contributed by atoms with E-state index in [-0.39, 0.29) is 0 Å². The third-order valence-electron chi connectivity index (χ3n) is 3.49. The van der Waals surface area contributed by atoms with Crippen LogP contribution in [-0.4, -0.2) is 52.1 Å². The van der Waals surface area contributed by atoms with Crippen molar-refractivity contribution >= 4 is 12.1 Å². The van der Waals surface area contributed by atoms with Crippen molar-refractivity contribution < 1.29 is 9.53 Å². The van der Waals surface area contributed by atoms with Crippen molar-refractivity contribution in [3.63, 3.8) is 0 Å². The Kier molecular flexibility index (Phi) is 6.60. The zero-order valence-corrected chi connectivity index (χ0v) is 15.6. The van der Waals surface area contributed by atoms with Crippen LogP contribution in [0.4, 0.5) is 4.79 Å². The molecule has 0 bridgehead atoms. The molecule has 0 aromatic carbocycles. The minimum Gasteiger partial charge on any atom is -0.444 e. The number of aromatic nitrogens is 3. The van der Waals surface area contributed by atoms with Crippen molar-refractivity contribution in [2.24, 2.45) is 4.99 Å². The molecular formula is C16H29N7O2. The predicted molar refractivity (Wildman–Crippen MR) is 95.4 cm³/mol. The zero-order chi connectivity index (χ0) is 18.3. The number of carbonyl (C=O) groups excluding carboxylic acids is 1. The van der Waals surface area contributed by atoms with Crippen LogP contribution in [-0.2, 0) is 24.2 Å². The van der Waals surface area contributed by atoms with Gasteiger partial charge < -0.3 is 25.3 Å². The fourth-order valence-electron chi connectivity index (χ4n) is 2.48. The van der Waals surface area contributed by atoms with Crippen LogP contribution in [0.2, 0.25) is 0 Å². The van der Waals surface area contributed by atoms with E-state index in [4.69, 9.17) is 4.74 Å². The third-order valence-corrected chi connectivity index (χ3v) is 3.49. The van der Waals surface area contributed by atoms with Gasteiger partial charge in [0.1, 0.15) is 18.0 Å². The Balaban J connectivity index is 1.77. The van der Waals surface area contributed by atoms with Crippen molar-refractivity contribution in [1.82, 2.24) is 30.7 Å². The fraction of sp³-hybridized carbons (Fsp3) is 0.750. The molecule has 0 fully saturated rings. The molecule has 1 amide bonds. The van der Waals surface area contributed by atoms with Crippen LogP contribution in [0, 0.1) is 0 Å². The van der Waals surface area contributed by atoms with Crippen molar-refractivity contribution in [2.45, 2.75) is 59.2 Å². The number of ether oxygens (including phenoxy) is 1. The van der Waals surface area contributed by atoms with Crippen LogP contribution in [0.5, 0.6) is 0 Å². The highest BCUT2D eigenvalue weighted by atomic mass is 16.6. The number of guanidine groups is 1. The van der Waals surface area contributed by atoms with Crippen LogP contribution in [0.3, 0.4) is 0 Å². The van der Waals surface area contributed by atoms with Gasteiger partial charge in [-0.05, 0) is 34.1 Å². The maximum absolute atomic E-state index is 11.6. The molecular weight excluding hydrogens is 322 g/mol. The van der Waals surface area contributed by atoms with Crippen LogP contribution in [0.15, 0.2) is 4.99 Å². The lowest BCUT2D eigenvalue weighted by Crippen LogP contribution is -2.42. The Morgan fingerprint density at radius 3 is 2.72 bits per heavy atom. The molecule has 140 valence electrons. The topological polar surface area (TPSA) is 105 Å². The standard InChI is InChI=1S/C16H29N7O2/c1-5-17-14(18-8-9-19-15(24)25-16(2,3)4)20-11-13-22-21-12-7-6-10-23(12)13/h5-11H2,1-4H3,(H,19,24)(H2,17,18,20). The van der Waals surface area contributed by atoms with Gasteiger partial charge in [-0.3, -0.25) is 0 Å². The highest BCUT2D eigenvalue weighted by molar-refractivity contribution is 5.79.